The van der Waals surface area contributed by atoms with Gasteiger partial charge in [-0.25, -0.2) is 21.9 Å². The van der Waals surface area contributed by atoms with E-state index in [1.54, 1.807) is 0 Å². The van der Waals surface area contributed by atoms with Gasteiger partial charge in [-0.15, -0.1) is 0 Å². The Morgan fingerprint density at radius 2 is 1.71 bits per heavy atom. The first-order valence-electron chi connectivity index (χ1n) is 9.64. The number of amides is 1. The number of benzene rings is 3. The molecule has 0 spiro atoms. The van der Waals surface area contributed by atoms with Crippen molar-refractivity contribution in [2.24, 2.45) is 0 Å². The van der Waals surface area contributed by atoms with Crippen molar-refractivity contribution in [1.29, 1.82) is 0 Å². The first-order chi connectivity index (χ1) is 14.7. The fourth-order valence-electron chi connectivity index (χ4n) is 3.09. The van der Waals surface area contributed by atoms with Gasteiger partial charge in [0.05, 0.1) is 10.5 Å². The van der Waals surface area contributed by atoms with E-state index in [1.807, 2.05) is 32.0 Å². The molecule has 0 fully saturated rings. The predicted molar refractivity (Wildman–Crippen MR) is 115 cm³/mol. The lowest BCUT2D eigenvalue weighted by atomic mass is 10.1. The summed E-state index contributed by atoms with van der Waals surface area (Å²) in [6, 6.07) is 13.9. The molecule has 1 amide bonds. The molecule has 0 aliphatic heterocycles. The second-order valence-electron chi connectivity index (χ2n) is 7.01. The third-order valence-corrected chi connectivity index (χ3v) is 6.25. The molecule has 3 aromatic carbocycles. The van der Waals surface area contributed by atoms with Crippen LogP contribution >= 0.6 is 0 Å². The first-order valence-corrected chi connectivity index (χ1v) is 11.1. The average Bonchev–Trinajstić information content (AvgIpc) is 2.75. The number of hydrogen-bond donors (Lipinski definition) is 2. The Labute approximate surface area is 180 Å². The minimum atomic E-state index is -4.03. The van der Waals surface area contributed by atoms with Gasteiger partial charge in [0, 0.05) is 12.2 Å². The molecule has 0 radical (unpaired) electrons. The van der Waals surface area contributed by atoms with Gasteiger partial charge in [0.15, 0.2) is 0 Å². The maximum absolute atomic E-state index is 14.4. The Morgan fingerprint density at radius 1 is 1.00 bits per heavy atom. The monoisotopic (exact) mass is 444 g/mol. The van der Waals surface area contributed by atoms with E-state index < -0.39 is 27.6 Å². The highest BCUT2D eigenvalue weighted by atomic mass is 32.2. The number of rotatable bonds is 7. The van der Waals surface area contributed by atoms with E-state index in [2.05, 4.69) is 10.0 Å². The van der Waals surface area contributed by atoms with E-state index in [1.165, 1.54) is 24.3 Å². The largest absolute Gasteiger partial charge is 0.321 e. The van der Waals surface area contributed by atoms with Gasteiger partial charge in [0.25, 0.3) is 5.91 Å². The van der Waals surface area contributed by atoms with Crippen molar-refractivity contribution < 1.29 is 22.0 Å². The normalized spacial score (nSPS) is 11.4. The number of para-hydroxylation sites is 1. The van der Waals surface area contributed by atoms with Crippen LogP contribution in [0.2, 0.25) is 0 Å². The molecule has 3 aromatic rings. The standard InChI is InChI=1S/C23H22F2N2O3S/c1-3-17-6-4-5-15(2)22(17)27-23(28)20-13-19(11-12-21(20)25)31(29,30)26-14-16-7-9-18(24)10-8-16/h4-13,26H,3,14H2,1-2H3,(H,27,28). The summed E-state index contributed by atoms with van der Waals surface area (Å²) in [4.78, 5) is 12.5. The Kier molecular flexibility index (Phi) is 6.82. The number of nitrogens with one attached hydrogen (secondary N) is 2. The van der Waals surface area contributed by atoms with Gasteiger partial charge in [-0.1, -0.05) is 37.3 Å². The Morgan fingerprint density at radius 3 is 2.39 bits per heavy atom. The maximum atomic E-state index is 14.4. The van der Waals surface area contributed by atoms with Gasteiger partial charge >= 0.3 is 0 Å². The van der Waals surface area contributed by atoms with Gasteiger partial charge in [-0.05, 0) is 60.4 Å². The minimum Gasteiger partial charge on any atom is -0.321 e. The summed E-state index contributed by atoms with van der Waals surface area (Å²) < 4.78 is 55.0. The van der Waals surface area contributed by atoms with Crippen LogP contribution in [0.4, 0.5) is 14.5 Å². The lowest BCUT2D eigenvalue weighted by molar-refractivity contribution is 0.102. The zero-order valence-corrected chi connectivity index (χ0v) is 17.9. The lowest BCUT2D eigenvalue weighted by Crippen LogP contribution is -2.24. The number of sulfonamides is 1. The molecule has 5 nitrogen and oxygen atoms in total. The summed E-state index contributed by atoms with van der Waals surface area (Å²) in [7, 11) is -4.03. The zero-order chi connectivity index (χ0) is 22.6. The highest BCUT2D eigenvalue weighted by Gasteiger charge is 2.20. The number of halogens is 2. The van der Waals surface area contributed by atoms with Gasteiger partial charge in [-0.2, -0.15) is 0 Å². The summed E-state index contributed by atoms with van der Waals surface area (Å²) in [5.74, 6) is -2.00. The molecule has 0 aromatic heterocycles. The van der Waals surface area contributed by atoms with Crippen molar-refractivity contribution in [3.63, 3.8) is 0 Å². The molecule has 0 saturated carbocycles. The summed E-state index contributed by atoms with van der Waals surface area (Å²) >= 11 is 0. The van der Waals surface area contributed by atoms with Crippen LogP contribution in [0.25, 0.3) is 0 Å². The van der Waals surface area contributed by atoms with Crippen LogP contribution in [-0.2, 0) is 23.0 Å². The summed E-state index contributed by atoms with van der Waals surface area (Å²) in [5, 5.41) is 2.70. The van der Waals surface area contributed by atoms with E-state index in [4.69, 9.17) is 0 Å². The minimum absolute atomic E-state index is 0.0788. The van der Waals surface area contributed by atoms with Gasteiger partial charge < -0.3 is 5.32 Å². The molecule has 2 N–H and O–H groups in total. The van der Waals surface area contributed by atoms with E-state index >= 15 is 0 Å². The molecule has 0 saturated heterocycles. The molecule has 0 aliphatic carbocycles. The van der Waals surface area contributed by atoms with Crippen LogP contribution in [-0.4, -0.2) is 14.3 Å². The van der Waals surface area contributed by atoms with Gasteiger partial charge in [0.2, 0.25) is 10.0 Å². The number of aryl methyl sites for hydroxylation is 2. The third-order valence-electron chi connectivity index (χ3n) is 4.85. The lowest BCUT2D eigenvalue weighted by Gasteiger charge is -2.14. The topological polar surface area (TPSA) is 75.3 Å². The van der Waals surface area contributed by atoms with Crippen LogP contribution in [0.15, 0.2) is 65.6 Å². The smallest absolute Gasteiger partial charge is 0.258 e. The highest BCUT2D eigenvalue weighted by molar-refractivity contribution is 7.89. The fourth-order valence-corrected chi connectivity index (χ4v) is 4.14. The third kappa shape index (κ3) is 5.34. The maximum Gasteiger partial charge on any atom is 0.258 e. The van der Waals surface area contributed by atoms with Crippen molar-refractivity contribution >= 4 is 21.6 Å². The molecule has 0 unspecified atom stereocenters. The predicted octanol–water partition coefficient (Wildman–Crippen LogP) is 4.57. The highest BCUT2D eigenvalue weighted by Crippen LogP contribution is 2.23. The van der Waals surface area contributed by atoms with E-state index in [9.17, 15) is 22.0 Å². The van der Waals surface area contributed by atoms with Crippen molar-refractivity contribution in [2.45, 2.75) is 31.7 Å². The summed E-state index contributed by atoms with van der Waals surface area (Å²) in [6.07, 6.45) is 0.668. The van der Waals surface area contributed by atoms with Crippen molar-refractivity contribution in [3.8, 4) is 0 Å². The number of anilines is 1. The van der Waals surface area contributed by atoms with Gasteiger partial charge in [0.1, 0.15) is 11.6 Å². The molecule has 0 bridgehead atoms. The fraction of sp³-hybridized carbons (Fsp3) is 0.174. The number of carbonyl (C=O) groups excluding carboxylic acids is 1. The molecule has 3 rings (SSSR count). The first kappa shape index (κ1) is 22.6. The SMILES string of the molecule is CCc1cccc(C)c1NC(=O)c1cc(S(=O)(=O)NCc2ccc(F)cc2)ccc1F. The molecule has 8 heteroatoms. The average molecular weight is 445 g/mol. The van der Waals surface area contributed by atoms with E-state index in [0.29, 0.717) is 17.7 Å². The molecule has 162 valence electrons. The quantitative estimate of drug-likeness (QED) is 0.561. The van der Waals surface area contributed by atoms with Crippen LogP contribution < -0.4 is 10.0 Å². The van der Waals surface area contributed by atoms with Crippen LogP contribution in [0.1, 0.15) is 34.0 Å². The van der Waals surface area contributed by atoms with Crippen LogP contribution in [0.3, 0.4) is 0 Å². The van der Waals surface area contributed by atoms with Crippen molar-refractivity contribution in [1.82, 2.24) is 4.72 Å². The second-order valence-corrected chi connectivity index (χ2v) is 8.78. The second kappa shape index (κ2) is 9.36. The van der Waals surface area contributed by atoms with Crippen molar-refractivity contribution in [3.05, 3.63) is 94.6 Å². The molecular formula is C23H22F2N2O3S. The van der Waals surface area contributed by atoms with Crippen LogP contribution in [0.5, 0.6) is 0 Å². The van der Waals surface area contributed by atoms with E-state index in [0.717, 1.165) is 29.3 Å². The molecule has 0 heterocycles. The number of carbonyl (C=O) groups is 1. The Bertz CT molecular complexity index is 1210. The Hall–Kier alpha value is -3.10. The zero-order valence-electron chi connectivity index (χ0n) is 17.1. The molecular weight excluding hydrogens is 422 g/mol. The molecule has 0 aliphatic rings. The molecule has 31 heavy (non-hydrogen) atoms. The van der Waals surface area contributed by atoms with E-state index in [-0.39, 0.29) is 17.0 Å². The summed E-state index contributed by atoms with van der Waals surface area (Å²) in [5.41, 5.74) is 2.46. The van der Waals surface area contributed by atoms with Gasteiger partial charge in [-0.3, -0.25) is 4.79 Å². The molecule has 0 atom stereocenters. The summed E-state index contributed by atoms with van der Waals surface area (Å²) in [6.45, 7) is 3.68. The van der Waals surface area contributed by atoms with Crippen LogP contribution in [0, 0.1) is 18.6 Å². The number of hydrogen-bond acceptors (Lipinski definition) is 3. The van der Waals surface area contributed by atoms with Crippen molar-refractivity contribution in [2.75, 3.05) is 5.32 Å². The Balaban J connectivity index is 1.84.